The van der Waals surface area contributed by atoms with Gasteiger partial charge in [0.05, 0.1) is 6.10 Å². The molecule has 1 aromatic carbocycles. The van der Waals surface area contributed by atoms with E-state index in [1.807, 2.05) is 18.2 Å². The molecule has 1 amide bonds. The average Bonchev–Trinajstić information content (AvgIpc) is 2.31. The highest BCUT2D eigenvalue weighted by Gasteiger charge is 2.08. The topological polar surface area (TPSA) is 64.3 Å². The van der Waals surface area contributed by atoms with Crippen molar-refractivity contribution in [3.8, 4) is 0 Å². The van der Waals surface area contributed by atoms with E-state index >= 15 is 0 Å². The molecule has 1 rings (SSSR count). The maximum Gasteiger partial charge on any atom is 0.251 e. The molecule has 0 fully saturated rings. The molecule has 0 saturated carbocycles. The molecule has 0 aromatic heterocycles. The van der Waals surface area contributed by atoms with Gasteiger partial charge in [0.2, 0.25) is 0 Å². The number of methoxy groups -OCH3 is 1. The average molecular weight is 208 g/mol. The lowest BCUT2D eigenvalue weighted by atomic mass is 10.2. The maximum absolute atomic E-state index is 11.6. The first-order chi connectivity index (χ1) is 7.27. The molecule has 4 heteroatoms. The third-order valence-corrected chi connectivity index (χ3v) is 2.12. The molecule has 1 aromatic rings. The molecule has 15 heavy (non-hydrogen) atoms. The van der Waals surface area contributed by atoms with Gasteiger partial charge in [0.25, 0.3) is 5.91 Å². The van der Waals surface area contributed by atoms with Crippen molar-refractivity contribution in [2.45, 2.75) is 6.10 Å². The van der Waals surface area contributed by atoms with Gasteiger partial charge in [0.1, 0.15) is 0 Å². The van der Waals surface area contributed by atoms with Crippen molar-refractivity contribution in [3.05, 3.63) is 35.9 Å². The van der Waals surface area contributed by atoms with Gasteiger partial charge in [-0.15, -0.1) is 0 Å². The van der Waals surface area contributed by atoms with Crippen LogP contribution in [-0.4, -0.2) is 32.2 Å². The van der Waals surface area contributed by atoms with Crippen LogP contribution in [0.4, 0.5) is 0 Å². The van der Waals surface area contributed by atoms with Gasteiger partial charge in [0, 0.05) is 25.8 Å². The van der Waals surface area contributed by atoms with Crippen LogP contribution >= 0.6 is 0 Å². The Morgan fingerprint density at radius 2 is 2.13 bits per heavy atom. The lowest BCUT2D eigenvalue weighted by Gasteiger charge is -2.13. The summed E-state index contributed by atoms with van der Waals surface area (Å²) in [6.45, 7) is 0.826. The molecule has 1 atom stereocenters. The predicted molar refractivity (Wildman–Crippen MR) is 58.6 cm³/mol. The van der Waals surface area contributed by atoms with Crippen LogP contribution in [0, 0.1) is 0 Å². The van der Waals surface area contributed by atoms with E-state index in [2.05, 4.69) is 5.32 Å². The number of amides is 1. The zero-order valence-electron chi connectivity index (χ0n) is 8.77. The summed E-state index contributed by atoms with van der Waals surface area (Å²) < 4.78 is 5.05. The van der Waals surface area contributed by atoms with Gasteiger partial charge >= 0.3 is 0 Å². The molecular formula is C11H16N2O2. The van der Waals surface area contributed by atoms with Crippen LogP contribution in [0.2, 0.25) is 0 Å². The fraction of sp³-hybridized carbons (Fsp3) is 0.364. The van der Waals surface area contributed by atoms with E-state index in [1.165, 1.54) is 0 Å². The number of benzene rings is 1. The minimum Gasteiger partial charge on any atom is -0.378 e. The SMILES string of the molecule is CO[C@@H](CN)CNC(=O)c1ccccc1. The zero-order chi connectivity index (χ0) is 11.1. The van der Waals surface area contributed by atoms with Crippen LogP contribution < -0.4 is 11.1 Å². The Hall–Kier alpha value is -1.39. The van der Waals surface area contributed by atoms with Gasteiger partial charge in [-0.3, -0.25) is 4.79 Å². The first kappa shape index (κ1) is 11.7. The molecule has 3 N–H and O–H groups in total. The summed E-state index contributed by atoms with van der Waals surface area (Å²) >= 11 is 0. The molecule has 0 aliphatic rings. The molecule has 0 heterocycles. The monoisotopic (exact) mass is 208 g/mol. The van der Waals surface area contributed by atoms with Crippen molar-refractivity contribution in [1.82, 2.24) is 5.32 Å². The molecule has 4 nitrogen and oxygen atoms in total. The fourth-order valence-corrected chi connectivity index (χ4v) is 1.16. The third kappa shape index (κ3) is 3.69. The molecule has 0 aliphatic heterocycles. The Balaban J connectivity index is 2.43. The smallest absolute Gasteiger partial charge is 0.251 e. The molecule has 0 saturated heterocycles. The van der Waals surface area contributed by atoms with Crippen molar-refractivity contribution >= 4 is 5.91 Å². The van der Waals surface area contributed by atoms with Crippen molar-refractivity contribution in [3.63, 3.8) is 0 Å². The summed E-state index contributed by atoms with van der Waals surface area (Å²) in [5.74, 6) is -0.105. The predicted octanol–water partition coefficient (Wildman–Crippen LogP) is 0.390. The van der Waals surface area contributed by atoms with E-state index < -0.39 is 0 Å². The lowest BCUT2D eigenvalue weighted by molar-refractivity contribution is 0.0850. The van der Waals surface area contributed by atoms with E-state index in [-0.39, 0.29) is 12.0 Å². The minimum atomic E-state index is -0.127. The first-order valence-electron chi connectivity index (χ1n) is 4.84. The Morgan fingerprint density at radius 3 is 2.67 bits per heavy atom. The number of nitrogens with two attached hydrogens (primary N) is 1. The highest BCUT2D eigenvalue weighted by Crippen LogP contribution is 1.97. The second-order valence-corrected chi connectivity index (χ2v) is 3.17. The van der Waals surface area contributed by atoms with Crippen LogP contribution in [0.15, 0.2) is 30.3 Å². The summed E-state index contributed by atoms with van der Waals surface area (Å²) in [5.41, 5.74) is 6.07. The van der Waals surface area contributed by atoms with Gasteiger partial charge in [-0.1, -0.05) is 18.2 Å². The fourth-order valence-electron chi connectivity index (χ4n) is 1.16. The molecule has 82 valence electrons. The third-order valence-electron chi connectivity index (χ3n) is 2.12. The second kappa shape index (κ2) is 6.16. The summed E-state index contributed by atoms with van der Waals surface area (Å²) in [5, 5.41) is 2.76. The summed E-state index contributed by atoms with van der Waals surface area (Å²) in [6, 6.07) is 9.05. The van der Waals surface area contributed by atoms with E-state index in [0.29, 0.717) is 18.7 Å². The first-order valence-corrected chi connectivity index (χ1v) is 4.84. The highest BCUT2D eigenvalue weighted by molar-refractivity contribution is 5.94. The van der Waals surface area contributed by atoms with Gasteiger partial charge < -0.3 is 15.8 Å². The standard InChI is InChI=1S/C11H16N2O2/c1-15-10(7-12)8-13-11(14)9-5-3-2-4-6-9/h2-6,10H,7-8,12H2,1H3,(H,13,14)/t10-/m0/s1. The number of nitrogens with one attached hydrogen (secondary N) is 1. The van der Waals surface area contributed by atoms with E-state index in [1.54, 1.807) is 19.2 Å². The summed E-state index contributed by atoms with van der Waals surface area (Å²) in [4.78, 5) is 11.6. The summed E-state index contributed by atoms with van der Waals surface area (Å²) in [7, 11) is 1.58. The van der Waals surface area contributed by atoms with Crippen molar-refractivity contribution in [1.29, 1.82) is 0 Å². The maximum atomic E-state index is 11.6. The summed E-state index contributed by atoms with van der Waals surface area (Å²) in [6.07, 6.45) is -0.127. The number of hydrogen-bond acceptors (Lipinski definition) is 3. The molecular weight excluding hydrogens is 192 g/mol. The van der Waals surface area contributed by atoms with Gasteiger partial charge in [-0.25, -0.2) is 0 Å². The van der Waals surface area contributed by atoms with Gasteiger partial charge in [-0.2, -0.15) is 0 Å². The van der Waals surface area contributed by atoms with Crippen LogP contribution in [0.1, 0.15) is 10.4 Å². The number of carbonyl (C=O) groups excluding carboxylic acids is 1. The number of carbonyl (C=O) groups is 1. The van der Waals surface area contributed by atoms with Gasteiger partial charge in [-0.05, 0) is 12.1 Å². The zero-order valence-corrected chi connectivity index (χ0v) is 8.77. The van der Waals surface area contributed by atoms with Crippen LogP contribution in [0.25, 0.3) is 0 Å². The Morgan fingerprint density at radius 1 is 1.47 bits per heavy atom. The molecule has 0 bridgehead atoms. The van der Waals surface area contributed by atoms with E-state index in [0.717, 1.165) is 0 Å². The van der Waals surface area contributed by atoms with Crippen molar-refractivity contribution < 1.29 is 9.53 Å². The molecule has 0 radical (unpaired) electrons. The normalized spacial score (nSPS) is 12.1. The van der Waals surface area contributed by atoms with E-state index in [4.69, 9.17) is 10.5 Å². The molecule has 0 unspecified atom stereocenters. The quantitative estimate of drug-likeness (QED) is 0.735. The van der Waals surface area contributed by atoms with Crippen LogP contribution in [0.3, 0.4) is 0 Å². The lowest BCUT2D eigenvalue weighted by Crippen LogP contribution is -2.37. The second-order valence-electron chi connectivity index (χ2n) is 3.17. The molecule has 0 spiro atoms. The van der Waals surface area contributed by atoms with Gasteiger partial charge in [0.15, 0.2) is 0 Å². The van der Waals surface area contributed by atoms with Crippen LogP contribution in [0.5, 0.6) is 0 Å². The largest absolute Gasteiger partial charge is 0.378 e. The Kier molecular flexibility index (Phi) is 4.80. The number of hydrogen-bond donors (Lipinski definition) is 2. The van der Waals surface area contributed by atoms with Crippen LogP contribution in [-0.2, 0) is 4.74 Å². The number of rotatable bonds is 5. The number of ether oxygens (including phenoxy) is 1. The van der Waals surface area contributed by atoms with E-state index in [9.17, 15) is 4.79 Å². The highest BCUT2D eigenvalue weighted by atomic mass is 16.5. The Labute approximate surface area is 89.4 Å². The van der Waals surface area contributed by atoms with Crippen molar-refractivity contribution in [2.24, 2.45) is 5.73 Å². The molecule has 0 aliphatic carbocycles. The minimum absolute atomic E-state index is 0.105. The van der Waals surface area contributed by atoms with Crippen molar-refractivity contribution in [2.75, 3.05) is 20.2 Å². The Bertz CT molecular complexity index is 297.